The minimum atomic E-state index is 0.420. The molecule has 0 bridgehead atoms. The van der Waals surface area contributed by atoms with E-state index in [4.69, 9.17) is 16.3 Å². The van der Waals surface area contributed by atoms with Crippen LogP contribution >= 0.6 is 11.6 Å². The lowest BCUT2D eigenvalue weighted by Crippen LogP contribution is -2.34. The summed E-state index contributed by atoms with van der Waals surface area (Å²) in [7, 11) is 0. The molecule has 94 valence electrons. The van der Waals surface area contributed by atoms with Crippen LogP contribution in [0.2, 0.25) is 5.15 Å². The molecule has 2 heterocycles. The Balaban J connectivity index is 1.62. The van der Waals surface area contributed by atoms with Gasteiger partial charge in [0, 0.05) is 12.1 Å². The monoisotopic (exact) mass is 255 g/mol. The molecule has 0 aliphatic carbocycles. The Hall–Kier alpha value is -0.870. The maximum Gasteiger partial charge on any atom is 0.217 e. The number of rotatable bonds is 5. The van der Waals surface area contributed by atoms with Gasteiger partial charge in [0.05, 0.1) is 6.61 Å². The third kappa shape index (κ3) is 4.48. The maximum absolute atomic E-state index is 5.74. The number of nitrogens with zero attached hydrogens (tertiary/aromatic N) is 2. The van der Waals surface area contributed by atoms with Gasteiger partial charge in [0.25, 0.3) is 0 Å². The van der Waals surface area contributed by atoms with E-state index in [9.17, 15) is 0 Å². The third-order valence-electron chi connectivity index (χ3n) is 2.97. The molecule has 17 heavy (non-hydrogen) atoms. The first-order valence-corrected chi connectivity index (χ1v) is 6.56. The number of halogens is 1. The fourth-order valence-corrected chi connectivity index (χ4v) is 2.21. The lowest BCUT2D eigenvalue weighted by atomic mass is 10.0. The molecule has 1 aromatic heterocycles. The standard InChI is InChI=1S/C12H18ClN3O/c13-11-8-12(16-9-15-11)17-7-3-5-10-4-1-2-6-14-10/h8-10,14H,1-7H2/t10-/m0/s1. The van der Waals surface area contributed by atoms with Crippen LogP contribution in [0, 0.1) is 0 Å². The highest BCUT2D eigenvalue weighted by atomic mass is 35.5. The van der Waals surface area contributed by atoms with Crippen molar-refractivity contribution in [2.24, 2.45) is 0 Å². The summed E-state index contributed by atoms with van der Waals surface area (Å²) in [4.78, 5) is 7.80. The number of ether oxygens (including phenoxy) is 1. The van der Waals surface area contributed by atoms with Crippen molar-refractivity contribution in [1.29, 1.82) is 0 Å². The summed E-state index contributed by atoms with van der Waals surface area (Å²) in [5.41, 5.74) is 0. The zero-order chi connectivity index (χ0) is 11.9. The molecular formula is C12H18ClN3O. The van der Waals surface area contributed by atoms with Crippen LogP contribution in [0.15, 0.2) is 12.4 Å². The van der Waals surface area contributed by atoms with E-state index in [0.29, 0.717) is 23.7 Å². The van der Waals surface area contributed by atoms with Gasteiger partial charge >= 0.3 is 0 Å². The van der Waals surface area contributed by atoms with E-state index in [1.165, 1.54) is 32.0 Å². The highest BCUT2D eigenvalue weighted by molar-refractivity contribution is 6.29. The molecule has 1 atom stereocenters. The highest BCUT2D eigenvalue weighted by Crippen LogP contribution is 2.14. The molecule has 0 unspecified atom stereocenters. The van der Waals surface area contributed by atoms with E-state index >= 15 is 0 Å². The van der Waals surface area contributed by atoms with Crippen LogP contribution in [-0.4, -0.2) is 29.2 Å². The Kier molecular flexibility index (Phi) is 5.01. The van der Waals surface area contributed by atoms with Gasteiger partial charge in [-0.05, 0) is 32.2 Å². The molecule has 1 aliphatic rings. The maximum atomic E-state index is 5.74. The highest BCUT2D eigenvalue weighted by Gasteiger charge is 2.11. The molecule has 1 saturated heterocycles. The van der Waals surface area contributed by atoms with Gasteiger partial charge in [-0.3, -0.25) is 0 Å². The Morgan fingerprint density at radius 3 is 3.12 bits per heavy atom. The van der Waals surface area contributed by atoms with Gasteiger partial charge in [0.15, 0.2) is 0 Å². The van der Waals surface area contributed by atoms with Gasteiger partial charge in [-0.15, -0.1) is 0 Å². The van der Waals surface area contributed by atoms with Crippen LogP contribution in [0.1, 0.15) is 32.1 Å². The molecule has 0 saturated carbocycles. The minimum Gasteiger partial charge on any atom is -0.478 e. The Labute approximate surface area is 107 Å². The first-order chi connectivity index (χ1) is 8.34. The van der Waals surface area contributed by atoms with Crippen molar-refractivity contribution in [3.05, 3.63) is 17.5 Å². The molecule has 0 aromatic carbocycles. The summed E-state index contributed by atoms with van der Waals surface area (Å²) in [6.45, 7) is 1.85. The van der Waals surface area contributed by atoms with Crippen molar-refractivity contribution in [1.82, 2.24) is 15.3 Å². The van der Waals surface area contributed by atoms with Crippen LogP contribution in [0.25, 0.3) is 0 Å². The van der Waals surface area contributed by atoms with E-state index in [2.05, 4.69) is 15.3 Å². The normalized spacial score (nSPS) is 20.2. The van der Waals surface area contributed by atoms with Crippen LogP contribution in [0.4, 0.5) is 0 Å². The van der Waals surface area contributed by atoms with Gasteiger partial charge in [0.2, 0.25) is 5.88 Å². The second-order valence-electron chi connectivity index (χ2n) is 4.32. The summed E-state index contributed by atoms with van der Waals surface area (Å²) in [5, 5.41) is 3.94. The first kappa shape index (κ1) is 12.6. The van der Waals surface area contributed by atoms with Crippen LogP contribution in [0.3, 0.4) is 0 Å². The van der Waals surface area contributed by atoms with Gasteiger partial charge in [-0.25, -0.2) is 9.97 Å². The lowest BCUT2D eigenvalue weighted by Gasteiger charge is -2.23. The molecule has 5 heteroatoms. The topological polar surface area (TPSA) is 47.0 Å². The zero-order valence-electron chi connectivity index (χ0n) is 9.86. The second-order valence-corrected chi connectivity index (χ2v) is 4.70. The molecule has 1 fully saturated rings. The summed E-state index contributed by atoms with van der Waals surface area (Å²) in [6, 6.07) is 2.31. The SMILES string of the molecule is Clc1cc(OCCC[C@@H]2CCCCN2)ncn1. The van der Waals surface area contributed by atoms with Crippen molar-refractivity contribution >= 4 is 11.6 Å². The predicted molar refractivity (Wildman–Crippen MR) is 67.4 cm³/mol. The van der Waals surface area contributed by atoms with Crippen molar-refractivity contribution in [3.8, 4) is 5.88 Å². The van der Waals surface area contributed by atoms with Gasteiger partial charge in [0.1, 0.15) is 11.5 Å². The average Bonchev–Trinajstić information content (AvgIpc) is 2.36. The van der Waals surface area contributed by atoms with Crippen LogP contribution in [-0.2, 0) is 0 Å². The molecule has 0 radical (unpaired) electrons. The fraction of sp³-hybridized carbons (Fsp3) is 0.667. The Morgan fingerprint density at radius 2 is 2.35 bits per heavy atom. The summed E-state index contributed by atoms with van der Waals surface area (Å²) >= 11 is 5.74. The fourth-order valence-electron chi connectivity index (χ4n) is 2.07. The number of hydrogen-bond donors (Lipinski definition) is 1. The molecule has 1 aliphatic heterocycles. The Bertz CT molecular complexity index is 342. The smallest absolute Gasteiger partial charge is 0.217 e. The first-order valence-electron chi connectivity index (χ1n) is 6.18. The molecule has 2 rings (SSSR count). The largest absolute Gasteiger partial charge is 0.478 e. The van der Waals surface area contributed by atoms with Crippen molar-refractivity contribution in [2.45, 2.75) is 38.1 Å². The van der Waals surface area contributed by atoms with Gasteiger partial charge < -0.3 is 10.1 Å². The van der Waals surface area contributed by atoms with Gasteiger partial charge in [-0.2, -0.15) is 0 Å². The van der Waals surface area contributed by atoms with Crippen molar-refractivity contribution in [2.75, 3.05) is 13.2 Å². The third-order valence-corrected chi connectivity index (χ3v) is 3.17. The van der Waals surface area contributed by atoms with Crippen molar-refractivity contribution in [3.63, 3.8) is 0 Å². The molecule has 0 spiro atoms. The van der Waals surface area contributed by atoms with Crippen LogP contribution < -0.4 is 10.1 Å². The predicted octanol–water partition coefficient (Wildman–Crippen LogP) is 2.43. The molecule has 1 aromatic rings. The second kappa shape index (κ2) is 6.77. The average molecular weight is 256 g/mol. The van der Waals surface area contributed by atoms with E-state index in [0.717, 1.165) is 13.0 Å². The summed E-state index contributed by atoms with van der Waals surface area (Å²) < 4.78 is 5.51. The summed E-state index contributed by atoms with van der Waals surface area (Å²) in [5.74, 6) is 0.557. The lowest BCUT2D eigenvalue weighted by molar-refractivity contribution is 0.276. The van der Waals surface area contributed by atoms with E-state index in [1.807, 2.05) is 0 Å². The van der Waals surface area contributed by atoms with Crippen molar-refractivity contribution < 1.29 is 4.74 Å². The number of hydrogen-bond acceptors (Lipinski definition) is 4. The Morgan fingerprint density at radius 1 is 1.41 bits per heavy atom. The molecule has 0 amide bonds. The number of aromatic nitrogens is 2. The van der Waals surface area contributed by atoms with E-state index < -0.39 is 0 Å². The number of piperidine rings is 1. The van der Waals surface area contributed by atoms with Gasteiger partial charge in [-0.1, -0.05) is 18.0 Å². The minimum absolute atomic E-state index is 0.420. The zero-order valence-corrected chi connectivity index (χ0v) is 10.6. The van der Waals surface area contributed by atoms with E-state index in [-0.39, 0.29) is 0 Å². The molecular weight excluding hydrogens is 238 g/mol. The van der Waals surface area contributed by atoms with Crippen LogP contribution in [0.5, 0.6) is 5.88 Å². The van der Waals surface area contributed by atoms with E-state index in [1.54, 1.807) is 6.07 Å². The summed E-state index contributed by atoms with van der Waals surface area (Å²) in [6.07, 6.45) is 7.57. The quantitative estimate of drug-likeness (QED) is 0.649. The number of nitrogens with one attached hydrogen (secondary N) is 1. The molecule has 1 N–H and O–H groups in total. The molecule has 4 nitrogen and oxygen atoms in total.